The first kappa shape index (κ1) is 31.8. The van der Waals surface area contributed by atoms with E-state index in [1.165, 1.54) is 0 Å². The number of rotatable bonds is 12. The predicted octanol–water partition coefficient (Wildman–Crippen LogP) is 8.76. The highest BCUT2D eigenvalue weighted by molar-refractivity contribution is 6.31. The maximum Gasteiger partial charge on any atom is 0.124 e. The topological polar surface area (TPSA) is 46.2 Å². The van der Waals surface area contributed by atoms with Gasteiger partial charge >= 0.3 is 0 Å². The summed E-state index contributed by atoms with van der Waals surface area (Å²) in [5.41, 5.74) is 5.52. The van der Waals surface area contributed by atoms with Gasteiger partial charge in [-0.25, -0.2) is 0 Å². The highest BCUT2D eigenvalue weighted by Crippen LogP contribution is 2.41. The van der Waals surface area contributed by atoms with Crippen molar-refractivity contribution in [3.63, 3.8) is 0 Å². The molecule has 0 radical (unpaired) electrons. The highest BCUT2D eigenvalue weighted by Gasteiger charge is 2.45. The van der Waals surface area contributed by atoms with E-state index >= 15 is 0 Å². The summed E-state index contributed by atoms with van der Waals surface area (Å²) in [4.78, 5) is 0. The van der Waals surface area contributed by atoms with Gasteiger partial charge in [-0.1, -0.05) is 110 Å². The molecule has 2 fully saturated rings. The highest BCUT2D eigenvalue weighted by atomic mass is 35.5. The Morgan fingerprint density at radius 2 is 1.44 bits per heavy atom. The molecule has 0 spiro atoms. The third-order valence-electron chi connectivity index (χ3n) is 8.93. The molecular formula is C39H43ClO5. The van der Waals surface area contributed by atoms with Gasteiger partial charge in [-0.2, -0.15) is 0 Å². The third kappa shape index (κ3) is 8.16. The summed E-state index contributed by atoms with van der Waals surface area (Å²) in [5, 5.41) is 0.733. The van der Waals surface area contributed by atoms with Crippen LogP contribution in [-0.4, -0.2) is 37.6 Å². The molecular weight excluding hydrogens is 584 g/mol. The van der Waals surface area contributed by atoms with E-state index in [0.29, 0.717) is 26.2 Å². The standard InChI is InChI=1S/C39H43ClO5/c1-3-36-27(2)37(42-24-29-10-6-4-7-11-29)39(43-25-30-12-8-5-9-13-30)38(45-36)31-16-19-35(40)32(23-31)22-28-14-17-33(18-15-28)44-34-20-21-41-26-34/h4-19,23,27,34,36-39H,3,20-22,24-26H2,1-2H3/t27-,34+,36-,37+,38+,39-/m1/s1. The van der Waals surface area contributed by atoms with Crippen molar-refractivity contribution in [2.45, 2.75) is 76.8 Å². The molecule has 45 heavy (non-hydrogen) atoms. The van der Waals surface area contributed by atoms with Crippen molar-refractivity contribution in [3.05, 3.63) is 136 Å². The molecule has 0 amide bonds. The second kappa shape index (κ2) is 15.4. The van der Waals surface area contributed by atoms with E-state index in [4.69, 9.17) is 35.3 Å². The first-order valence-corrected chi connectivity index (χ1v) is 16.5. The molecule has 6 heteroatoms. The predicted molar refractivity (Wildman–Crippen MR) is 178 cm³/mol. The second-order valence-corrected chi connectivity index (χ2v) is 12.6. The van der Waals surface area contributed by atoms with Crippen LogP contribution in [-0.2, 0) is 38.6 Å². The zero-order valence-corrected chi connectivity index (χ0v) is 26.9. The normalized spacial score (nSPS) is 24.9. The minimum atomic E-state index is -0.309. The van der Waals surface area contributed by atoms with Gasteiger partial charge in [0.15, 0.2) is 0 Å². The van der Waals surface area contributed by atoms with Crippen LogP contribution >= 0.6 is 11.6 Å². The number of hydrogen-bond donors (Lipinski definition) is 0. The SMILES string of the molecule is CC[C@H]1O[C@@H](c2ccc(Cl)c(Cc3ccc(O[C@H]4CCOC4)cc3)c2)[C@H](OCc2ccccc2)[C@@H](OCc2ccccc2)[C@@H]1C. The summed E-state index contributed by atoms with van der Waals surface area (Å²) in [6.07, 6.45) is 1.90. The molecule has 2 aliphatic rings. The third-order valence-corrected chi connectivity index (χ3v) is 9.30. The van der Waals surface area contributed by atoms with E-state index < -0.39 is 0 Å². The quantitative estimate of drug-likeness (QED) is 0.157. The fourth-order valence-electron chi connectivity index (χ4n) is 6.38. The molecule has 236 valence electrons. The van der Waals surface area contributed by atoms with Crippen molar-refractivity contribution in [1.82, 2.24) is 0 Å². The second-order valence-electron chi connectivity index (χ2n) is 12.2. The smallest absolute Gasteiger partial charge is 0.124 e. The van der Waals surface area contributed by atoms with Gasteiger partial charge in [0.2, 0.25) is 0 Å². The molecule has 0 N–H and O–H groups in total. The molecule has 4 aromatic carbocycles. The summed E-state index contributed by atoms with van der Waals surface area (Å²) < 4.78 is 31.8. The number of benzene rings is 4. The molecule has 2 saturated heterocycles. The Hall–Kier alpha value is -3.19. The van der Waals surface area contributed by atoms with Crippen LogP contribution in [0.4, 0.5) is 0 Å². The van der Waals surface area contributed by atoms with Crippen LogP contribution in [0.15, 0.2) is 103 Å². The fourth-order valence-corrected chi connectivity index (χ4v) is 6.57. The molecule has 6 atom stereocenters. The van der Waals surface area contributed by atoms with Gasteiger partial charge in [0.25, 0.3) is 0 Å². The average molecular weight is 627 g/mol. The van der Waals surface area contributed by atoms with Crippen LogP contribution in [0.25, 0.3) is 0 Å². The minimum Gasteiger partial charge on any atom is -0.488 e. The zero-order chi connectivity index (χ0) is 31.0. The maximum atomic E-state index is 6.87. The molecule has 2 heterocycles. The van der Waals surface area contributed by atoms with E-state index in [-0.39, 0.29) is 36.4 Å². The van der Waals surface area contributed by atoms with Gasteiger partial charge in [-0.3, -0.25) is 0 Å². The lowest BCUT2D eigenvalue weighted by molar-refractivity contribution is -0.234. The van der Waals surface area contributed by atoms with Crippen LogP contribution in [0.5, 0.6) is 5.75 Å². The molecule has 0 aliphatic carbocycles. The van der Waals surface area contributed by atoms with Crippen LogP contribution in [0.3, 0.4) is 0 Å². The molecule has 0 aromatic heterocycles. The summed E-state index contributed by atoms with van der Waals surface area (Å²) >= 11 is 6.80. The lowest BCUT2D eigenvalue weighted by atomic mass is 9.84. The fraction of sp³-hybridized carbons (Fsp3) is 0.385. The van der Waals surface area contributed by atoms with Gasteiger partial charge < -0.3 is 23.7 Å². The Morgan fingerprint density at radius 1 is 0.778 bits per heavy atom. The molecule has 4 aromatic rings. The molecule has 0 bridgehead atoms. The van der Waals surface area contributed by atoms with E-state index in [2.05, 4.69) is 62.4 Å². The van der Waals surface area contributed by atoms with E-state index in [1.807, 2.05) is 54.6 Å². The van der Waals surface area contributed by atoms with Crippen molar-refractivity contribution in [2.24, 2.45) is 5.92 Å². The monoisotopic (exact) mass is 626 g/mol. The Labute approximate surface area is 272 Å². The van der Waals surface area contributed by atoms with Gasteiger partial charge in [0.1, 0.15) is 24.1 Å². The van der Waals surface area contributed by atoms with Crippen molar-refractivity contribution >= 4 is 11.6 Å². The Morgan fingerprint density at radius 3 is 2.07 bits per heavy atom. The van der Waals surface area contributed by atoms with Crippen LogP contribution in [0, 0.1) is 5.92 Å². The molecule has 5 nitrogen and oxygen atoms in total. The summed E-state index contributed by atoms with van der Waals surface area (Å²) in [7, 11) is 0. The van der Waals surface area contributed by atoms with Gasteiger partial charge in [0, 0.05) is 17.4 Å². The Bertz CT molecular complexity index is 1470. The van der Waals surface area contributed by atoms with Crippen molar-refractivity contribution in [1.29, 1.82) is 0 Å². The van der Waals surface area contributed by atoms with Crippen molar-refractivity contribution in [2.75, 3.05) is 13.2 Å². The Kier molecular flexibility index (Phi) is 10.9. The summed E-state index contributed by atoms with van der Waals surface area (Å²) in [6, 6.07) is 35.2. The van der Waals surface area contributed by atoms with Gasteiger partial charge in [-0.15, -0.1) is 0 Å². The van der Waals surface area contributed by atoms with E-state index in [0.717, 1.165) is 58.0 Å². The lowest BCUT2D eigenvalue weighted by Gasteiger charge is -2.46. The molecule has 0 saturated carbocycles. The maximum absolute atomic E-state index is 6.87. The number of ether oxygens (including phenoxy) is 5. The first-order chi connectivity index (χ1) is 22.1. The minimum absolute atomic E-state index is 0.0317. The molecule has 2 aliphatic heterocycles. The average Bonchev–Trinajstić information content (AvgIpc) is 3.59. The van der Waals surface area contributed by atoms with Crippen molar-refractivity contribution in [3.8, 4) is 5.75 Å². The zero-order valence-electron chi connectivity index (χ0n) is 26.1. The summed E-state index contributed by atoms with van der Waals surface area (Å²) in [6.45, 7) is 6.81. The van der Waals surface area contributed by atoms with E-state index in [1.54, 1.807) is 0 Å². The van der Waals surface area contributed by atoms with Gasteiger partial charge in [0.05, 0.1) is 38.6 Å². The molecule has 6 rings (SSSR count). The van der Waals surface area contributed by atoms with Crippen molar-refractivity contribution < 1.29 is 23.7 Å². The molecule has 0 unspecified atom stereocenters. The lowest BCUT2D eigenvalue weighted by Crippen LogP contribution is -2.51. The first-order valence-electron chi connectivity index (χ1n) is 16.2. The van der Waals surface area contributed by atoms with Crippen LogP contribution < -0.4 is 4.74 Å². The Balaban J connectivity index is 1.25. The van der Waals surface area contributed by atoms with Gasteiger partial charge in [-0.05, 0) is 58.9 Å². The van der Waals surface area contributed by atoms with Crippen LogP contribution in [0.1, 0.15) is 60.6 Å². The number of hydrogen-bond acceptors (Lipinski definition) is 5. The largest absolute Gasteiger partial charge is 0.488 e. The summed E-state index contributed by atoms with van der Waals surface area (Å²) in [5.74, 6) is 1.02. The number of halogens is 1. The van der Waals surface area contributed by atoms with E-state index in [9.17, 15) is 0 Å². The van der Waals surface area contributed by atoms with Crippen LogP contribution in [0.2, 0.25) is 5.02 Å².